The fraction of sp³-hybridized carbons (Fsp3) is 0.333. The average Bonchev–Trinajstić information content (AvgIpc) is 3.27. The van der Waals surface area contributed by atoms with Crippen molar-refractivity contribution in [3.8, 4) is 17.2 Å². The highest BCUT2D eigenvalue weighted by Crippen LogP contribution is 2.28. The number of rotatable bonds is 11. The Kier molecular flexibility index (Phi) is 8.33. The first-order valence-corrected chi connectivity index (χ1v) is 12.6. The van der Waals surface area contributed by atoms with E-state index in [0.29, 0.717) is 23.7 Å². The van der Waals surface area contributed by atoms with E-state index in [0.717, 1.165) is 47.6 Å². The van der Waals surface area contributed by atoms with Crippen molar-refractivity contribution in [3.63, 3.8) is 0 Å². The van der Waals surface area contributed by atoms with Gasteiger partial charge >= 0.3 is 0 Å². The van der Waals surface area contributed by atoms with Crippen molar-refractivity contribution in [3.05, 3.63) is 83.2 Å². The van der Waals surface area contributed by atoms with Crippen LogP contribution in [-0.4, -0.2) is 36.3 Å². The molecule has 0 fully saturated rings. The molecule has 0 bridgehead atoms. The van der Waals surface area contributed by atoms with Crippen LogP contribution < -0.4 is 19.5 Å². The quantitative estimate of drug-likeness (QED) is 0.254. The molecule has 4 rings (SSSR count). The minimum Gasteiger partial charge on any atom is -0.493 e. The summed E-state index contributed by atoms with van der Waals surface area (Å²) < 4.78 is 18.8. The standard InChI is InChI=1S/C30H35N3O4/c1-20-12-14-26(21(2)18-20)37-17-9-8-16-33-25-11-7-6-10-24(25)32-29(33)22(3)31-30(34)23-13-15-27(35-4)28(19-23)36-5/h6-7,10-15,18-19,22H,8-9,16-17H2,1-5H3,(H,31,34). The van der Waals surface area contributed by atoms with E-state index in [9.17, 15) is 4.79 Å². The number of nitrogens with zero attached hydrogens (tertiary/aromatic N) is 2. The molecule has 1 N–H and O–H groups in total. The molecule has 0 aliphatic heterocycles. The highest BCUT2D eigenvalue weighted by atomic mass is 16.5. The number of hydrogen-bond donors (Lipinski definition) is 1. The van der Waals surface area contributed by atoms with Gasteiger partial charge in [-0.15, -0.1) is 0 Å². The molecule has 1 heterocycles. The Morgan fingerprint density at radius 1 is 0.946 bits per heavy atom. The molecule has 37 heavy (non-hydrogen) atoms. The molecule has 0 aliphatic carbocycles. The number of ether oxygens (including phenoxy) is 3. The van der Waals surface area contributed by atoms with Crippen molar-refractivity contribution in [2.75, 3.05) is 20.8 Å². The van der Waals surface area contributed by atoms with Crippen molar-refractivity contribution in [2.45, 2.75) is 46.2 Å². The maximum Gasteiger partial charge on any atom is 0.251 e. The summed E-state index contributed by atoms with van der Waals surface area (Å²) in [4.78, 5) is 17.9. The zero-order chi connectivity index (χ0) is 26.4. The van der Waals surface area contributed by atoms with Gasteiger partial charge in [-0.2, -0.15) is 0 Å². The molecule has 3 aromatic carbocycles. The predicted molar refractivity (Wildman–Crippen MR) is 146 cm³/mol. The van der Waals surface area contributed by atoms with Gasteiger partial charge in [-0.3, -0.25) is 4.79 Å². The molecule has 0 saturated carbocycles. The number of imidazole rings is 1. The number of unbranched alkanes of at least 4 members (excludes halogenated alkanes) is 1. The summed E-state index contributed by atoms with van der Waals surface area (Å²) >= 11 is 0. The number of para-hydroxylation sites is 2. The summed E-state index contributed by atoms with van der Waals surface area (Å²) in [6.07, 6.45) is 1.83. The Labute approximate surface area is 218 Å². The van der Waals surface area contributed by atoms with Crippen LogP contribution >= 0.6 is 0 Å². The minimum absolute atomic E-state index is 0.200. The first-order valence-electron chi connectivity index (χ1n) is 12.6. The van der Waals surface area contributed by atoms with Crippen LogP contribution in [0.1, 0.15) is 53.1 Å². The number of aromatic nitrogens is 2. The van der Waals surface area contributed by atoms with Crippen LogP contribution in [0, 0.1) is 13.8 Å². The summed E-state index contributed by atoms with van der Waals surface area (Å²) in [7, 11) is 3.12. The zero-order valence-corrected chi connectivity index (χ0v) is 22.2. The number of hydrogen-bond acceptors (Lipinski definition) is 5. The van der Waals surface area contributed by atoms with Crippen LogP contribution in [0.2, 0.25) is 0 Å². The van der Waals surface area contributed by atoms with Gasteiger partial charge in [0.25, 0.3) is 5.91 Å². The Hall–Kier alpha value is -4.00. The number of carbonyl (C=O) groups is 1. The summed E-state index contributed by atoms with van der Waals surface area (Å²) in [5.74, 6) is 2.65. The normalized spacial score (nSPS) is 11.8. The molecule has 1 aromatic heterocycles. The van der Waals surface area contributed by atoms with E-state index >= 15 is 0 Å². The summed E-state index contributed by atoms with van der Waals surface area (Å²) in [5, 5.41) is 3.09. The number of fused-ring (bicyclic) bond motifs is 1. The van der Waals surface area contributed by atoms with Crippen LogP contribution in [0.5, 0.6) is 17.2 Å². The summed E-state index contributed by atoms with van der Waals surface area (Å²) in [5.41, 5.74) is 4.85. The second kappa shape index (κ2) is 11.8. The molecule has 0 spiro atoms. The maximum atomic E-state index is 13.0. The van der Waals surface area contributed by atoms with Gasteiger partial charge in [0, 0.05) is 12.1 Å². The molecule has 0 saturated heterocycles. The van der Waals surface area contributed by atoms with Crippen LogP contribution in [0.4, 0.5) is 0 Å². The first-order chi connectivity index (χ1) is 17.9. The minimum atomic E-state index is -0.292. The van der Waals surface area contributed by atoms with Crippen molar-refractivity contribution < 1.29 is 19.0 Å². The molecule has 4 aromatic rings. The molecular weight excluding hydrogens is 466 g/mol. The van der Waals surface area contributed by atoms with Crippen molar-refractivity contribution in [1.82, 2.24) is 14.9 Å². The van der Waals surface area contributed by atoms with Gasteiger partial charge in [0.15, 0.2) is 11.5 Å². The van der Waals surface area contributed by atoms with E-state index in [1.165, 1.54) is 5.56 Å². The number of carbonyl (C=O) groups excluding carboxylic acids is 1. The van der Waals surface area contributed by atoms with Crippen molar-refractivity contribution >= 4 is 16.9 Å². The number of amides is 1. The predicted octanol–water partition coefficient (Wildman–Crippen LogP) is 6.02. The second-order valence-corrected chi connectivity index (χ2v) is 9.20. The molecule has 0 aliphatic rings. The molecular formula is C30H35N3O4. The number of methoxy groups -OCH3 is 2. The van der Waals surface area contributed by atoms with E-state index in [1.807, 2.05) is 31.2 Å². The van der Waals surface area contributed by atoms with Crippen LogP contribution in [0.3, 0.4) is 0 Å². The van der Waals surface area contributed by atoms with E-state index < -0.39 is 0 Å². The van der Waals surface area contributed by atoms with E-state index in [4.69, 9.17) is 19.2 Å². The molecule has 1 amide bonds. The molecule has 0 radical (unpaired) electrons. The van der Waals surface area contributed by atoms with Gasteiger partial charge in [0.2, 0.25) is 0 Å². The third kappa shape index (κ3) is 6.05. The van der Waals surface area contributed by atoms with Crippen LogP contribution in [-0.2, 0) is 6.54 Å². The Morgan fingerprint density at radius 3 is 2.46 bits per heavy atom. The van der Waals surface area contributed by atoms with E-state index in [2.05, 4.69) is 41.9 Å². The fourth-order valence-electron chi connectivity index (χ4n) is 4.50. The second-order valence-electron chi connectivity index (χ2n) is 9.20. The lowest BCUT2D eigenvalue weighted by molar-refractivity contribution is 0.0937. The van der Waals surface area contributed by atoms with Crippen LogP contribution in [0.15, 0.2) is 60.7 Å². The highest BCUT2D eigenvalue weighted by Gasteiger charge is 2.20. The van der Waals surface area contributed by atoms with Crippen LogP contribution in [0.25, 0.3) is 11.0 Å². The Morgan fingerprint density at radius 2 is 1.70 bits per heavy atom. The topological polar surface area (TPSA) is 74.6 Å². The first kappa shape index (κ1) is 26.1. The lowest BCUT2D eigenvalue weighted by Crippen LogP contribution is -2.28. The molecule has 1 atom stereocenters. The van der Waals surface area contributed by atoms with Crippen molar-refractivity contribution in [2.24, 2.45) is 0 Å². The molecule has 7 heteroatoms. The van der Waals surface area contributed by atoms with Crippen molar-refractivity contribution in [1.29, 1.82) is 0 Å². The van der Waals surface area contributed by atoms with Gasteiger partial charge < -0.3 is 24.1 Å². The number of aryl methyl sites for hydroxylation is 3. The largest absolute Gasteiger partial charge is 0.493 e. The van der Waals surface area contributed by atoms with Gasteiger partial charge in [0.1, 0.15) is 11.6 Å². The maximum absolute atomic E-state index is 13.0. The van der Waals surface area contributed by atoms with E-state index in [1.54, 1.807) is 32.4 Å². The summed E-state index contributed by atoms with van der Waals surface area (Å²) in [6, 6.07) is 19.2. The smallest absolute Gasteiger partial charge is 0.251 e. The third-order valence-corrected chi connectivity index (χ3v) is 6.43. The SMILES string of the molecule is COc1ccc(C(=O)NC(C)c2nc3ccccc3n2CCCCOc2ccc(C)cc2C)cc1OC. The zero-order valence-electron chi connectivity index (χ0n) is 22.2. The fourth-order valence-corrected chi connectivity index (χ4v) is 4.50. The lowest BCUT2D eigenvalue weighted by Gasteiger charge is -2.17. The summed E-state index contributed by atoms with van der Waals surface area (Å²) in [6.45, 7) is 7.55. The number of benzene rings is 3. The Bertz CT molecular complexity index is 1380. The molecule has 194 valence electrons. The van der Waals surface area contributed by atoms with Gasteiger partial charge in [-0.25, -0.2) is 4.98 Å². The van der Waals surface area contributed by atoms with Gasteiger partial charge in [-0.1, -0.05) is 29.8 Å². The lowest BCUT2D eigenvalue weighted by atomic mass is 10.1. The van der Waals surface area contributed by atoms with Gasteiger partial charge in [0.05, 0.1) is 37.9 Å². The van der Waals surface area contributed by atoms with Gasteiger partial charge in [-0.05, 0) is 75.6 Å². The third-order valence-electron chi connectivity index (χ3n) is 6.43. The monoisotopic (exact) mass is 501 g/mol. The van der Waals surface area contributed by atoms with E-state index in [-0.39, 0.29) is 11.9 Å². The molecule has 7 nitrogen and oxygen atoms in total. The average molecular weight is 502 g/mol. The Balaban J connectivity index is 1.44. The number of nitrogens with one attached hydrogen (secondary N) is 1. The molecule has 1 unspecified atom stereocenters. The highest BCUT2D eigenvalue weighted by molar-refractivity contribution is 5.95.